The van der Waals surface area contributed by atoms with Crippen LogP contribution in [0.1, 0.15) is 16.7 Å². The second-order valence-corrected chi connectivity index (χ2v) is 5.24. The minimum atomic E-state index is 0.824. The van der Waals surface area contributed by atoms with Crippen molar-refractivity contribution in [3.8, 4) is 0 Å². The van der Waals surface area contributed by atoms with Gasteiger partial charge in [0.2, 0.25) is 0 Å². The van der Waals surface area contributed by atoms with E-state index in [-0.39, 0.29) is 0 Å². The molecule has 0 unspecified atom stereocenters. The first-order valence-corrected chi connectivity index (χ1v) is 6.86. The van der Waals surface area contributed by atoms with Gasteiger partial charge in [-0.3, -0.25) is 4.98 Å². The van der Waals surface area contributed by atoms with E-state index in [1.165, 1.54) is 33.2 Å². The molecular formula is C18H18N2. The number of hydrogen-bond acceptors (Lipinski definition) is 2. The highest BCUT2D eigenvalue weighted by Crippen LogP contribution is 2.20. The molecule has 0 bridgehead atoms. The first kappa shape index (κ1) is 12.7. The summed E-state index contributed by atoms with van der Waals surface area (Å²) in [5.41, 5.74) is 5.04. The van der Waals surface area contributed by atoms with E-state index in [0.717, 1.165) is 6.54 Å². The molecule has 0 aliphatic rings. The minimum absolute atomic E-state index is 0.824. The maximum atomic E-state index is 4.18. The van der Waals surface area contributed by atoms with Crippen LogP contribution in [0.15, 0.2) is 54.9 Å². The Bertz CT molecular complexity index is 722. The van der Waals surface area contributed by atoms with Gasteiger partial charge in [-0.2, -0.15) is 0 Å². The van der Waals surface area contributed by atoms with Crippen molar-refractivity contribution in [2.45, 2.75) is 20.4 Å². The van der Waals surface area contributed by atoms with Gasteiger partial charge < -0.3 is 5.32 Å². The second-order valence-electron chi connectivity index (χ2n) is 5.24. The minimum Gasteiger partial charge on any atom is -0.381 e. The summed E-state index contributed by atoms with van der Waals surface area (Å²) in [7, 11) is 0. The zero-order valence-corrected chi connectivity index (χ0v) is 11.9. The van der Waals surface area contributed by atoms with Gasteiger partial charge in [0, 0.05) is 30.0 Å². The highest BCUT2D eigenvalue weighted by Gasteiger charge is 2.01. The molecule has 3 rings (SSSR count). The lowest BCUT2D eigenvalue weighted by Crippen LogP contribution is -2.00. The fourth-order valence-electron chi connectivity index (χ4n) is 2.62. The molecule has 0 radical (unpaired) electrons. The van der Waals surface area contributed by atoms with Crippen LogP contribution in [0.3, 0.4) is 0 Å². The van der Waals surface area contributed by atoms with Crippen molar-refractivity contribution in [1.82, 2.24) is 4.98 Å². The normalized spacial score (nSPS) is 10.7. The smallest absolute Gasteiger partial charge is 0.0406 e. The average molecular weight is 262 g/mol. The lowest BCUT2D eigenvalue weighted by molar-refractivity contribution is 1.16. The zero-order valence-electron chi connectivity index (χ0n) is 11.9. The average Bonchev–Trinajstić information content (AvgIpc) is 2.44. The Labute approximate surface area is 119 Å². The van der Waals surface area contributed by atoms with Crippen LogP contribution in [-0.4, -0.2) is 4.98 Å². The number of nitrogens with zero attached hydrogens (tertiary/aromatic N) is 1. The molecule has 0 saturated carbocycles. The molecule has 1 heterocycles. The van der Waals surface area contributed by atoms with Gasteiger partial charge in [-0.05, 0) is 54.1 Å². The van der Waals surface area contributed by atoms with Gasteiger partial charge in [-0.1, -0.05) is 24.3 Å². The van der Waals surface area contributed by atoms with Crippen molar-refractivity contribution < 1.29 is 0 Å². The van der Waals surface area contributed by atoms with E-state index in [4.69, 9.17) is 0 Å². The quantitative estimate of drug-likeness (QED) is 0.753. The number of fused-ring (bicyclic) bond motifs is 1. The molecule has 0 spiro atoms. The van der Waals surface area contributed by atoms with Crippen LogP contribution in [0.2, 0.25) is 0 Å². The van der Waals surface area contributed by atoms with Crippen molar-refractivity contribution in [2.75, 3.05) is 5.32 Å². The van der Waals surface area contributed by atoms with E-state index in [9.17, 15) is 0 Å². The maximum absolute atomic E-state index is 4.18. The number of hydrogen-bond donors (Lipinski definition) is 1. The third-order valence-electron chi connectivity index (χ3n) is 3.48. The number of aromatic nitrogens is 1. The highest BCUT2D eigenvalue weighted by atomic mass is 14.9. The van der Waals surface area contributed by atoms with E-state index in [1.54, 1.807) is 0 Å². The van der Waals surface area contributed by atoms with E-state index < -0.39 is 0 Å². The Morgan fingerprint density at radius 3 is 2.60 bits per heavy atom. The van der Waals surface area contributed by atoms with E-state index in [1.807, 2.05) is 12.4 Å². The third kappa shape index (κ3) is 2.64. The van der Waals surface area contributed by atoms with E-state index in [2.05, 4.69) is 66.6 Å². The highest BCUT2D eigenvalue weighted by molar-refractivity contribution is 5.84. The van der Waals surface area contributed by atoms with Gasteiger partial charge in [0.05, 0.1) is 0 Å². The Morgan fingerprint density at radius 1 is 1.00 bits per heavy atom. The molecule has 0 atom stereocenters. The van der Waals surface area contributed by atoms with Gasteiger partial charge in [0.25, 0.3) is 0 Å². The largest absolute Gasteiger partial charge is 0.381 e. The first-order chi connectivity index (χ1) is 9.72. The van der Waals surface area contributed by atoms with Crippen LogP contribution in [0.5, 0.6) is 0 Å². The van der Waals surface area contributed by atoms with Crippen LogP contribution < -0.4 is 5.32 Å². The van der Waals surface area contributed by atoms with Crippen molar-refractivity contribution >= 4 is 16.5 Å². The molecule has 0 saturated heterocycles. The monoisotopic (exact) mass is 262 g/mol. The Balaban J connectivity index is 1.87. The molecule has 100 valence electrons. The van der Waals surface area contributed by atoms with Gasteiger partial charge >= 0.3 is 0 Å². The summed E-state index contributed by atoms with van der Waals surface area (Å²) < 4.78 is 0. The van der Waals surface area contributed by atoms with E-state index >= 15 is 0 Å². The number of pyridine rings is 1. The molecule has 2 nitrogen and oxygen atoms in total. The number of anilines is 1. The summed E-state index contributed by atoms with van der Waals surface area (Å²) in [5.74, 6) is 0. The van der Waals surface area contributed by atoms with Crippen LogP contribution in [-0.2, 0) is 6.54 Å². The SMILES string of the molecule is Cc1cc(C)cc(NCc2cccc3cnccc23)c1. The molecule has 0 aliphatic heterocycles. The van der Waals surface area contributed by atoms with Gasteiger partial charge in [0.15, 0.2) is 0 Å². The molecular weight excluding hydrogens is 244 g/mol. The summed E-state index contributed by atoms with van der Waals surface area (Å²) in [4.78, 5) is 4.18. The van der Waals surface area contributed by atoms with Crippen molar-refractivity contribution in [3.05, 3.63) is 71.5 Å². The fourth-order valence-corrected chi connectivity index (χ4v) is 2.62. The molecule has 0 amide bonds. The summed E-state index contributed by atoms with van der Waals surface area (Å²) >= 11 is 0. The second kappa shape index (κ2) is 5.33. The number of aryl methyl sites for hydroxylation is 2. The van der Waals surface area contributed by atoms with Gasteiger partial charge in [-0.15, -0.1) is 0 Å². The van der Waals surface area contributed by atoms with E-state index in [0.29, 0.717) is 0 Å². The lowest BCUT2D eigenvalue weighted by atomic mass is 10.1. The summed E-state index contributed by atoms with van der Waals surface area (Å²) in [6, 6.07) is 15.0. The lowest BCUT2D eigenvalue weighted by Gasteiger charge is -2.10. The van der Waals surface area contributed by atoms with Crippen LogP contribution >= 0.6 is 0 Å². The van der Waals surface area contributed by atoms with Crippen molar-refractivity contribution in [1.29, 1.82) is 0 Å². The Kier molecular flexibility index (Phi) is 3.38. The molecule has 0 fully saturated rings. The predicted octanol–water partition coefficient (Wildman–Crippen LogP) is 4.46. The molecule has 3 aromatic rings. The summed E-state index contributed by atoms with van der Waals surface area (Å²) in [5, 5.41) is 5.96. The first-order valence-electron chi connectivity index (χ1n) is 6.86. The van der Waals surface area contributed by atoms with Crippen molar-refractivity contribution in [2.24, 2.45) is 0 Å². The van der Waals surface area contributed by atoms with Gasteiger partial charge in [-0.25, -0.2) is 0 Å². The standard InChI is InChI=1S/C18H18N2/c1-13-8-14(2)10-17(9-13)20-12-16-5-3-4-15-11-19-7-6-18(15)16/h3-11,20H,12H2,1-2H3. The maximum Gasteiger partial charge on any atom is 0.0406 e. The van der Waals surface area contributed by atoms with Crippen molar-refractivity contribution in [3.63, 3.8) is 0 Å². The number of nitrogens with one attached hydrogen (secondary N) is 1. The number of rotatable bonds is 3. The zero-order chi connectivity index (χ0) is 13.9. The summed E-state index contributed by atoms with van der Waals surface area (Å²) in [6.07, 6.45) is 3.76. The molecule has 2 heteroatoms. The molecule has 20 heavy (non-hydrogen) atoms. The molecule has 0 aliphatic carbocycles. The van der Waals surface area contributed by atoms with Crippen LogP contribution in [0.25, 0.3) is 10.8 Å². The van der Waals surface area contributed by atoms with Crippen LogP contribution in [0, 0.1) is 13.8 Å². The Morgan fingerprint density at radius 2 is 1.80 bits per heavy atom. The predicted molar refractivity (Wildman–Crippen MR) is 85.0 cm³/mol. The van der Waals surface area contributed by atoms with Crippen LogP contribution in [0.4, 0.5) is 5.69 Å². The molecule has 1 aromatic heterocycles. The summed E-state index contributed by atoms with van der Waals surface area (Å²) in [6.45, 7) is 5.08. The number of benzene rings is 2. The fraction of sp³-hybridized carbons (Fsp3) is 0.167. The van der Waals surface area contributed by atoms with Gasteiger partial charge in [0.1, 0.15) is 0 Å². The third-order valence-corrected chi connectivity index (χ3v) is 3.48. The molecule has 1 N–H and O–H groups in total. The molecule has 2 aromatic carbocycles. The Hall–Kier alpha value is -2.35. The topological polar surface area (TPSA) is 24.9 Å².